The van der Waals surface area contributed by atoms with Crippen LogP contribution in [-0.4, -0.2) is 66.4 Å². The highest BCUT2D eigenvalue weighted by atomic mass is 16.5. The fourth-order valence-electron chi connectivity index (χ4n) is 3.29. The van der Waals surface area contributed by atoms with Crippen LogP contribution in [0.15, 0.2) is 0 Å². The van der Waals surface area contributed by atoms with E-state index in [1.54, 1.807) is 0 Å². The Labute approximate surface area is 137 Å². The van der Waals surface area contributed by atoms with Gasteiger partial charge in [-0.15, -0.1) is 0 Å². The van der Waals surface area contributed by atoms with Crippen molar-refractivity contribution in [2.24, 2.45) is 5.92 Å². The van der Waals surface area contributed by atoms with Crippen LogP contribution < -0.4 is 10.6 Å². The third-order valence-corrected chi connectivity index (χ3v) is 4.36. The average Bonchev–Trinajstić information content (AvgIpc) is 2.96. The fraction of sp³-hybridized carbons (Fsp3) is 0.750. The molecule has 1 aromatic heterocycles. The summed E-state index contributed by atoms with van der Waals surface area (Å²) < 4.78 is 5.77. The lowest BCUT2D eigenvalue weighted by Crippen LogP contribution is -2.48. The van der Waals surface area contributed by atoms with E-state index in [9.17, 15) is 4.79 Å². The first-order chi connectivity index (χ1) is 11.1. The number of nitrogens with one attached hydrogen (secondary N) is 3. The van der Waals surface area contributed by atoms with Gasteiger partial charge < -0.3 is 15.4 Å². The highest BCUT2D eigenvalue weighted by molar-refractivity contribution is 5.94. The molecule has 1 amide bonds. The van der Waals surface area contributed by atoms with Crippen LogP contribution in [0.3, 0.4) is 0 Å². The molecule has 2 aliphatic rings. The van der Waals surface area contributed by atoms with Crippen LogP contribution in [0.25, 0.3) is 0 Å². The molecule has 1 aromatic rings. The highest BCUT2D eigenvalue weighted by Gasteiger charge is 2.24. The van der Waals surface area contributed by atoms with Crippen LogP contribution in [-0.2, 0) is 17.7 Å². The molecule has 1 atom stereocenters. The largest absolute Gasteiger partial charge is 0.374 e. The lowest BCUT2D eigenvalue weighted by Gasteiger charge is -2.33. The Hall–Kier alpha value is -1.44. The maximum Gasteiger partial charge on any atom is 0.272 e. The van der Waals surface area contributed by atoms with E-state index in [1.165, 1.54) is 0 Å². The first-order valence-electron chi connectivity index (χ1n) is 8.52. The second-order valence-electron chi connectivity index (χ2n) is 6.81. The number of morpholine rings is 1. The fourth-order valence-corrected chi connectivity index (χ4v) is 3.29. The summed E-state index contributed by atoms with van der Waals surface area (Å²) in [7, 11) is 0. The number of hydrogen-bond acceptors (Lipinski definition) is 5. The number of aromatic amines is 1. The summed E-state index contributed by atoms with van der Waals surface area (Å²) in [4.78, 5) is 14.8. The van der Waals surface area contributed by atoms with Crippen LogP contribution in [0.4, 0.5) is 0 Å². The maximum atomic E-state index is 12.4. The molecule has 0 saturated carbocycles. The zero-order valence-electron chi connectivity index (χ0n) is 14.0. The molecule has 1 fully saturated rings. The van der Waals surface area contributed by atoms with Crippen molar-refractivity contribution in [3.63, 3.8) is 0 Å². The predicted octanol–water partition coefficient (Wildman–Crippen LogP) is 0.142. The third kappa shape index (κ3) is 4.10. The molecule has 2 aliphatic heterocycles. The van der Waals surface area contributed by atoms with Gasteiger partial charge in [0.1, 0.15) is 0 Å². The van der Waals surface area contributed by atoms with E-state index in [1.807, 2.05) is 0 Å². The van der Waals surface area contributed by atoms with E-state index in [0.717, 1.165) is 50.5 Å². The highest BCUT2D eigenvalue weighted by Crippen LogP contribution is 2.15. The number of aromatic nitrogens is 2. The van der Waals surface area contributed by atoms with Crippen molar-refractivity contribution in [1.82, 2.24) is 25.7 Å². The van der Waals surface area contributed by atoms with Gasteiger partial charge in [-0.1, -0.05) is 13.8 Å². The van der Waals surface area contributed by atoms with Gasteiger partial charge >= 0.3 is 0 Å². The predicted molar refractivity (Wildman–Crippen MR) is 87.3 cm³/mol. The Bertz CT molecular complexity index is 543. The van der Waals surface area contributed by atoms with Crippen molar-refractivity contribution in [3.05, 3.63) is 17.0 Å². The number of ether oxygens (including phenoxy) is 1. The summed E-state index contributed by atoms with van der Waals surface area (Å²) in [5.41, 5.74) is 2.59. The third-order valence-electron chi connectivity index (χ3n) is 4.36. The molecule has 1 saturated heterocycles. The van der Waals surface area contributed by atoms with Gasteiger partial charge in [0.2, 0.25) is 0 Å². The molecular weight excluding hydrogens is 294 g/mol. The van der Waals surface area contributed by atoms with Crippen LogP contribution in [0, 0.1) is 5.92 Å². The first kappa shape index (κ1) is 16.4. The average molecular weight is 321 g/mol. The maximum absolute atomic E-state index is 12.4. The first-order valence-corrected chi connectivity index (χ1v) is 8.52. The van der Waals surface area contributed by atoms with E-state index in [4.69, 9.17) is 4.74 Å². The zero-order valence-corrected chi connectivity index (χ0v) is 14.0. The quantitative estimate of drug-likeness (QED) is 0.719. The van der Waals surface area contributed by atoms with Gasteiger partial charge in [-0.2, -0.15) is 5.10 Å². The number of carbonyl (C=O) groups excluding carboxylic acids is 1. The number of rotatable bonds is 5. The molecule has 0 radical (unpaired) electrons. The number of nitrogens with zero attached hydrogens (tertiary/aromatic N) is 2. The van der Waals surface area contributed by atoms with Crippen molar-refractivity contribution in [2.45, 2.75) is 32.9 Å². The van der Waals surface area contributed by atoms with Crippen molar-refractivity contribution in [3.8, 4) is 0 Å². The van der Waals surface area contributed by atoms with Gasteiger partial charge in [-0.25, -0.2) is 0 Å². The normalized spacial score (nSPS) is 22.1. The standard InChI is InChI=1S/C16H27N5O2/c1-11(2)9-21-5-6-23-12(10-21)7-18-16(22)15-13-8-17-4-3-14(13)19-20-15/h11-12,17H,3-10H2,1-2H3,(H,18,22)(H,19,20). The van der Waals surface area contributed by atoms with E-state index in [-0.39, 0.29) is 12.0 Å². The molecule has 0 aliphatic carbocycles. The van der Waals surface area contributed by atoms with E-state index in [0.29, 0.717) is 24.7 Å². The van der Waals surface area contributed by atoms with Crippen molar-refractivity contribution < 1.29 is 9.53 Å². The molecule has 3 heterocycles. The van der Waals surface area contributed by atoms with Crippen LogP contribution in [0.5, 0.6) is 0 Å². The summed E-state index contributed by atoms with van der Waals surface area (Å²) in [6.45, 7) is 10.3. The number of carbonyl (C=O) groups is 1. The lowest BCUT2D eigenvalue weighted by atomic mass is 10.1. The van der Waals surface area contributed by atoms with E-state index < -0.39 is 0 Å². The minimum absolute atomic E-state index is 0.0549. The Balaban J connectivity index is 1.52. The van der Waals surface area contributed by atoms with Gasteiger partial charge in [0, 0.05) is 56.9 Å². The summed E-state index contributed by atoms with van der Waals surface area (Å²) in [6, 6.07) is 0. The topological polar surface area (TPSA) is 82.3 Å². The molecule has 7 nitrogen and oxygen atoms in total. The molecule has 0 bridgehead atoms. The molecule has 3 N–H and O–H groups in total. The molecule has 3 rings (SSSR count). The number of amides is 1. The van der Waals surface area contributed by atoms with Crippen molar-refractivity contribution in [1.29, 1.82) is 0 Å². The van der Waals surface area contributed by atoms with E-state index >= 15 is 0 Å². The lowest BCUT2D eigenvalue weighted by molar-refractivity contribution is -0.0295. The summed E-state index contributed by atoms with van der Waals surface area (Å²) in [5, 5.41) is 13.4. The van der Waals surface area contributed by atoms with Crippen molar-refractivity contribution >= 4 is 5.91 Å². The number of H-pyrrole nitrogens is 1. The second kappa shape index (κ2) is 7.42. The van der Waals surface area contributed by atoms with Crippen LogP contribution >= 0.6 is 0 Å². The molecule has 7 heteroatoms. The Kier molecular flexibility index (Phi) is 5.30. The minimum Gasteiger partial charge on any atom is -0.374 e. The van der Waals surface area contributed by atoms with Gasteiger partial charge in [0.25, 0.3) is 5.91 Å². The van der Waals surface area contributed by atoms with Crippen molar-refractivity contribution in [2.75, 3.05) is 39.3 Å². The molecular formula is C16H27N5O2. The van der Waals surface area contributed by atoms with Gasteiger partial charge in [0.15, 0.2) is 5.69 Å². The Morgan fingerprint density at radius 1 is 1.52 bits per heavy atom. The summed E-state index contributed by atoms with van der Waals surface area (Å²) >= 11 is 0. The van der Waals surface area contributed by atoms with Gasteiger partial charge in [-0.3, -0.25) is 14.8 Å². The molecule has 128 valence electrons. The number of hydrogen-bond donors (Lipinski definition) is 3. The van der Waals surface area contributed by atoms with Crippen LogP contribution in [0.1, 0.15) is 35.6 Å². The molecule has 0 aromatic carbocycles. The smallest absolute Gasteiger partial charge is 0.272 e. The molecule has 1 unspecified atom stereocenters. The van der Waals surface area contributed by atoms with E-state index in [2.05, 4.69) is 39.6 Å². The molecule has 23 heavy (non-hydrogen) atoms. The van der Waals surface area contributed by atoms with Gasteiger partial charge in [0.05, 0.1) is 12.7 Å². The molecule has 0 spiro atoms. The minimum atomic E-state index is -0.115. The Morgan fingerprint density at radius 2 is 2.39 bits per heavy atom. The second-order valence-corrected chi connectivity index (χ2v) is 6.81. The Morgan fingerprint density at radius 3 is 3.22 bits per heavy atom. The van der Waals surface area contributed by atoms with Crippen LogP contribution in [0.2, 0.25) is 0 Å². The van der Waals surface area contributed by atoms with Gasteiger partial charge in [-0.05, 0) is 5.92 Å². The SMILES string of the molecule is CC(C)CN1CCOC(CNC(=O)c2n[nH]c3c2CNCC3)C1. The summed E-state index contributed by atoms with van der Waals surface area (Å²) in [6.07, 6.45) is 0.949. The zero-order chi connectivity index (χ0) is 16.2. The summed E-state index contributed by atoms with van der Waals surface area (Å²) in [5.74, 6) is 0.530. The monoisotopic (exact) mass is 321 g/mol. The number of fused-ring (bicyclic) bond motifs is 1.